The van der Waals surface area contributed by atoms with E-state index in [2.05, 4.69) is 54.3 Å². The van der Waals surface area contributed by atoms with Crippen molar-refractivity contribution in [2.75, 3.05) is 5.75 Å². The molecule has 0 bridgehead atoms. The monoisotopic (exact) mass is 207 g/mol. The third-order valence-corrected chi connectivity index (χ3v) is 3.99. The van der Waals surface area contributed by atoms with Gasteiger partial charge in [0.25, 0.3) is 0 Å². The van der Waals surface area contributed by atoms with Crippen molar-refractivity contribution >= 4 is 11.8 Å². The quantitative estimate of drug-likeness (QED) is 0.818. The van der Waals surface area contributed by atoms with Gasteiger partial charge in [-0.25, -0.2) is 0 Å². The molecular formula is C12H17NS. The van der Waals surface area contributed by atoms with Gasteiger partial charge in [-0.1, -0.05) is 37.3 Å². The van der Waals surface area contributed by atoms with Gasteiger partial charge in [0.1, 0.15) is 0 Å². The summed E-state index contributed by atoms with van der Waals surface area (Å²) in [7, 11) is 0. The Kier molecular flexibility index (Phi) is 3.49. The van der Waals surface area contributed by atoms with Crippen LogP contribution in [0.15, 0.2) is 30.3 Å². The first-order valence-electron chi connectivity index (χ1n) is 5.23. The van der Waals surface area contributed by atoms with Gasteiger partial charge in [-0.3, -0.25) is 0 Å². The highest BCUT2D eigenvalue weighted by molar-refractivity contribution is 8.00. The fourth-order valence-corrected chi connectivity index (χ4v) is 3.00. The lowest BCUT2D eigenvalue weighted by atomic mass is 10.1. The van der Waals surface area contributed by atoms with Crippen LogP contribution in [0.25, 0.3) is 0 Å². The summed E-state index contributed by atoms with van der Waals surface area (Å²) in [5, 5.41) is 4.44. The molecule has 2 rings (SSSR count). The van der Waals surface area contributed by atoms with Crippen LogP contribution in [0, 0.1) is 0 Å². The Balaban J connectivity index is 1.78. The van der Waals surface area contributed by atoms with Gasteiger partial charge in [0, 0.05) is 23.6 Å². The Hall–Kier alpha value is -0.470. The van der Waals surface area contributed by atoms with Crippen LogP contribution in [-0.4, -0.2) is 17.0 Å². The predicted molar refractivity (Wildman–Crippen MR) is 63.6 cm³/mol. The second kappa shape index (κ2) is 4.85. The SMILES string of the molecule is CC1CC(NCc2ccccc2)CS1. The first kappa shape index (κ1) is 10.1. The van der Waals surface area contributed by atoms with E-state index in [-0.39, 0.29) is 0 Å². The molecule has 0 aliphatic carbocycles. The van der Waals surface area contributed by atoms with Gasteiger partial charge in [0.05, 0.1) is 0 Å². The van der Waals surface area contributed by atoms with Crippen LogP contribution in [0.4, 0.5) is 0 Å². The van der Waals surface area contributed by atoms with Gasteiger partial charge < -0.3 is 5.32 Å². The van der Waals surface area contributed by atoms with E-state index in [4.69, 9.17) is 0 Å². The van der Waals surface area contributed by atoms with E-state index in [1.807, 2.05) is 0 Å². The lowest BCUT2D eigenvalue weighted by molar-refractivity contribution is 0.538. The fourth-order valence-electron chi connectivity index (χ4n) is 1.82. The first-order valence-corrected chi connectivity index (χ1v) is 6.28. The summed E-state index contributed by atoms with van der Waals surface area (Å²) in [5.74, 6) is 1.27. The number of rotatable bonds is 3. The summed E-state index contributed by atoms with van der Waals surface area (Å²) in [5.41, 5.74) is 1.39. The molecule has 14 heavy (non-hydrogen) atoms. The van der Waals surface area contributed by atoms with Crippen LogP contribution in [0.5, 0.6) is 0 Å². The summed E-state index contributed by atoms with van der Waals surface area (Å²) < 4.78 is 0. The van der Waals surface area contributed by atoms with E-state index in [0.29, 0.717) is 0 Å². The molecule has 1 saturated heterocycles. The van der Waals surface area contributed by atoms with Crippen LogP contribution < -0.4 is 5.32 Å². The van der Waals surface area contributed by atoms with Gasteiger partial charge in [0.2, 0.25) is 0 Å². The van der Waals surface area contributed by atoms with E-state index < -0.39 is 0 Å². The third-order valence-electron chi connectivity index (χ3n) is 2.64. The maximum atomic E-state index is 3.61. The lowest BCUT2D eigenvalue weighted by Crippen LogP contribution is -2.28. The summed E-state index contributed by atoms with van der Waals surface area (Å²) in [4.78, 5) is 0. The molecule has 1 heterocycles. The Labute approximate surface area is 90.3 Å². The number of thioether (sulfide) groups is 1. The Morgan fingerprint density at radius 2 is 2.14 bits per heavy atom. The average molecular weight is 207 g/mol. The van der Waals surface area contributed by atoms with Crippen molar-refractivity contribution in [1.29, 1.82) is 0 Å². The minimum absolute atomic E-state index is 0.718. The van der Waals surface area contributed by atoms with E-state index in [0.717, 1.165) is 17.8 Å². The van der Waals surface area contributed by atoms with E-state index >= 15 is 0 Å². The van der Waals surface area contributed by atoms with Crippen molar-refractivity contribution in [2.24, 2.45) is 0 Å². The molecule has 0 spiro atoms. The third kappa shape index (κ3) is 2.76. The maximum Gasteiger partial charge on any atom is 0.0208 e. The summed E-state index contributed by atoms with van der Waals surface area (Å²) in [6, 6.07) is 11.3. The molecule has 0 aromatic heterocycles. The van der Waals surface area contributed by atoms with Crippen LogP contribution in [0.1, 0.15) is 18.9 Å². The van der Waals surface area contributed by atoms with E-state index in [1.165, 1.54) is 17.7 Å². The molecule has 1 aromatic rings. The zero-order valence-corrected chi connectivity index (χ0v) is 9.39. The molecule has 76 valence electrons. The van der Waals surface area contributed by atoms with Gasteiger partial charge in [-0.05, 0) is 12.0 Å². The van der Waals surface area contributed by atoms with Crippen molar-refractivity contribution in [3.8, 4) is 0 Å². The molecule has 0 radical (unpaired) electrons. The molecule has 1 N–H and O–H groups in total. The summed E-state index contributed by atoms with van der Waals surface area (Å²) in [6.45, 7) is 3.33. The smallest absolute Gasteiger partial charge is 0.0208 e. The summed E-state index contributed by atoms with van der Waals surface area (Å²) in [6.07, 6.45) is 1.32. The maximum absolute atomic E-state index is 3.61. The number of hydrogen-bond acceptors (Lipinski definition) is 2. The average Bonchev–Trinajstić information content (AvgIpc) is 2.63. The highest BCUT2D eigenvalue weighted by Gasteiger charge is 2.20. The Morgan fingerprint density at radius 1 is 1.36 bits per heavy atom. The molecule has 0 amide bonds. The second-order valence-electron chi connectivity index (χ2n) is 3.94. The molecule has 1 aliphatic rings. The highest BCUT2D eigenvalue weighted by atomic mass is 32.2. The minimum Gasteiger partial charge on any atom is -0.309 e. The van der Waals surface area contributed by atoms with E-state index in [1.54, 1.807) is 0 Å². The summed E-state index contributed by atoms with van der Waals surface area (Å²) >= 11 is 2.08. The van der Waals surface area contributed by atoms with Crippen molar-refractivity contribution in [2.45, 2.75) is 31.2 Å². The lowest BCUT2D eigenvalue weighted by Gasteiger charge is -2.11. The Bertz CT molecular complexity index is 273. The van der Waals surface area contributed by atoms with Gasteiger partial charge in [-0.2, -0.15) is 11.8 Å². The van der Waals surface area contributed by atoms with Crippen LogP contribution in [0.3, 0.4) is 0 Å². The molecule has 2 atom stereocenters. The largest absolute Gasteiger partial charge is 0.309 e. The molecule has 0 saturated carbocycles. The van der Waals surface area contributed by atoms with Gasteiger partial charge >= 0.3 is 0 Å². The van der Waals surface area contributed by atoms with Crippen molar-refractivity contribution < 1.29 is 0 Å². The predicted octanol–water partition coefficient (Wildman–Crippen LogP) is 2.67. The normalized spacial score (nSPS) is 26.6. The first-order chi connectivity index (χ1) is 6.84. The molecule has 2 heteroatoms. The standard InChI is InChI=1S/C12H17NS/c1-10-7-12(9-14-10)13-8-11-5-3-2-4-6-11/h2-6,10,12-13H,7-9H2,1H3. The van der Waals surface area contributed by atoms with Crippen molar-refractivity contribution in [3.05, 3.63) is 35.9 Å². The minimum atomic E-state index is 0.718. The molecular weight excluding hydrogens is 190 g/mol. The fraction of sp³-hybridized carbons (Fsp3) is 0.500. The molecule has 1 fully saturated rings. The Morgan fingerprint density at radius 3 is 2.79 bits per heavy atom. The zero-order chi connectivity index (χ0) is 9.80. The second-order valence-corrected chi connectivity index (χ2v) is 5.41. The van der Waals surface area contributed by atoms with Crippen molar-refractivity contribution in [3.63, 3.8) is 0 Å². The number of benzene rings is 1. The topological polar surface area (TPSA) is 12.0 Å². The molecule has 1 aromatic carbocycles. The van der Waals surface area contributed by atoms with Gasteiger partial charge in [-0.15, -0.1) is 0 Å². The number of hydrogen-bond donors (Lipinski definition) is 1. The van der Waals surface area contributed by atoms with Crippen LogP contribution >= 0.6 is 11.8 Å². The molecule has 2 unspecified atom stereocenters. The number of nitrogens with one attached hydrogen (secondary N) is 1. The van der Waals surface area contributed by atoms with E-state index in [9.17, 15) is 0 Å². The molecule has 1 nitrogen and oxygen atoms in total. The van der Waals surface area contributed by atoms with Crippen LogP contribution in [-0.2, 0) is 6.54 Å². The highest BCUT2D eigenvalue weighted by Crippen LogP contribution is 2.25. The van der Waals surface area contributed by atoms with Crippen LogP contribution in [0.2, 0.25) is 0 Å². The molecule has 1 aliphatic heterocycles. The van der Waals surface area contributed by atoms with Crippen molar-refractivity contribution in [1.82, 2.24) is 5.32 Å². The zero-order valence-electron chi connectivity index (χ0n) is 8.57. The van der Waals surface area contributed by atoms with Gasteiger partial charge in [0.15, 0.2) is 0 Å².